The summed E-state index contributed by atoms with van der Waals surface area (Å²) in [6.07, 6.45) is 6.04. The molecule has 1 aliphatic heterocycles. The van der Waals surface area contributed by atoms with Crippen molar-refractivity contribution >= 4 is 18.4 Å². The summed E-state index contributed by atoms with van der Waals surface area (Å²) in [4.78, 5) is 12.1. The molecule has 110 valence electrons. The molecule has 1 heterocycles. The van der Waals surface area contributed by atoms with Crippen LogP contribution in [0.15, 0.2) is 30.3 Å². The van der Waals surface area contributed by atoms with Gasteiger partial charge in [0, 0.05) is 6.04 Å². The first kappa shape index (κ1) is 15.3. The number of carbonyl (C=O) groups excluding carboxylic acids is 1. The molecule has 4 heteroatoms. The fourth-order valence-corrected chi connectivity index (χ4v) is 3.33. The maximum Gasteiger partial charge on any atom is 0.323 e. The van der Waals surface area contributed by atoms with Crippen LogP contribution in [0.4, 0.5) is 0 Å². The van der Waals surface area contributed by atoms with Gasteiger partial charge in [-0.15, -0.1) is 12.4 Å². The summed E-state index contributed by atoms with van der Waals surface area (Å²) in [5, 5.41) is 3.45. The van der Waals surface area contributed by atoms with E-state index in [0.717, 1.165) is 12.0 Å². The van der Waals surface area contributed by atoms with Crippen LogP contribution in [-0.4, -0.2) is 18.1 Å². The molecule has 0 aromatic heterocycles. The lowest BCUT2D eigenvalue weighted by molar-refractivity contribution is -0.147. The minimum absolute atomic E-state index is 0. The maximum atomic E-state index is 12.1. The van der Waals surface area contributed by atoms with Gasteiger partial charge >= 0.3 is 5.97 Å². The van der Waals surface area contributed by atoms with E-state index in [1.54, 1.807) is 0 Å². The van der Waals surface area contributed by atoms with Crippen LogP contribution in [0.5, 0.6) is 0 Å². The first-order valence-corrected chi connectivity index (χ1v) is 7.29. The van der Waals surface area contributed by atoms with E-state index in [2.05, 4.69) is 5.32 Å². The molecule has 1 aromatic carbocycles. The Labute approximate surface area is 126 Å². The van der Waals surface area contributed by atoms with Gasteiger partial charge in [0.15, 0.2) is 0 Å². The molecular weight excluding hydrogens is 274 g/mol. The summed E-state index contributed by atoms with van der Waals surface area (Å²) in [6.45, 7) is 0.382. The SMILES string of the molecule is Cl.O=C(OCc1ccccc1)[C@@H]1C[C@H]2CCCC[C@H]2N1. The van der Waals surface area contributed by atoms with Crippen molar-refractivity contribution in [1.29, 1.82) is 0 Å². The van der Waals surface area contributed by atoms with Gasteiger partial charge in [-0.25, -0.2) is 0 Å². The Bertz CT molecular complexity index is 423. The van der Waals surface area contributed by atoms with Gasteiger partial charge in [0.25, 0.3) is 0 Å². The highest BCUT2D eigenvalue weighted by molar-refractivity contribution is 5.85. The maximum absolute atomic E-state index is 12.1. The van der Waals surface area contributed by atoms with Crippen LogP contribution >= 0.6 is 12.4 Å². The highest BCUT2D eigenvalue weighted by atomic mass is 35.5. The van der Waals surface area contributed by atoms with Crippen molar-refractivity contribution in [3.05, 3.63) is 35.9 Å². The summed E-state index contributed by atoms with van der Waals surface area (Å²) in [7, 11) is 0. The van der Waals surface area contributed by atoms with Crippen LogP contribution in [0.3, 0.4) is 0 Å². The molecule has 20 heavy (non-hydrogen) atoms. The fourth-order valence-electron chi connectivity index (χ4n) is 3.33. The molecule has 0 amide bonds. The van der Waals surface area contributed by atoms with E-state index in [4.69, 9.17) is 4.74 Å². The van der Waals surface area contributed by atoms with Crippen molar-refractivity contribution in [3.63, 3.8) is 0 Å². The number of rotatable bonds is 3. The van der Waals surface area contributed by atoms with Crippen molar-refractivity contribution in [1.82, 2.24) is 5.32 Å². The van der Waals surface area contributed by atoms with Gasteiger partial charge in [-0.3, -0.25) is 4.79 Å². The third kappa shape index (κ3) is 3.53. The normalized spacial score (nSPS) is 28.3. The molecule has 3 atom stereocenters. The Morgan fingerprint density at radius 1 is 1.20 bits per heavy atom. The number of hydrogen-bond acceptors (Lipinski definition) is 3. The lowest BCUT2D eigenvalue weighted by Gasteiger charge is -2.24. The predicted molar refractivity (Wildman–Crippen MR) is 80.8 cm³/mol. The van der Waals surface area contributed by atoms with E-state index < -0.39 is 0 Å². The first-order chi connectivity index (χ1) is 9.33. The topological polar surface area (TPSA) is 38.3 Å². The van der Waals surface area contributed by atoms with Gasteiger partial charge in [-0.1, -0.05) is 43.2 Å². The lowest BCUT2D eigenvalue weighted by Crippen LogP contribution is -2.37. The highest BCUT2D eigenvalue weighted by Gasteiger charge is 2.38. The summed E-state index contributed by atoms with van der Waals surface area (Å²) in [5.74, 6) is 0.598. The standard InChI is InChI=1S/C16H21NO2.ClH/c18-16(19-11-12-6-2-1-3-7-12)15-10-13-8-4-5-9-14(13)17-15;/h1-3,6-7,13-15,17H,4-5,8-11H2;1H/t13-,14-,15+;/m1./s1. The van der Waals surface area contributed by atoms with Crippen molar-refractivity contribution < 1.29 is 9.53 Å². The van der Waals surface area contributed by atoms with Gasteiger partial charge in [0.05, 0.1) is 0 Å². The molecule has 0 unspecified atom stereocenters. The molecule has 3 rings (SSSR count). The third-order valence-corrected chi connectivity index (χ3v) is 4.37. The Morgan fingerprint density at radius 2 is 1.95 bits per heavy atom. The Morgan fingerprint density at radius 3 is 2.70 bits per heavy atom. The van der Waals surface area contributed by atoms with Crippen molar-refractivity contribution in [2.45, 2.75) is 50.8 Å². The number of halogens is 1. The van der Waals surface area contributed by atoms with Crippen LogP contribution in [0.25, 0.3) is 0 Å². The summed E-state index contributed by atoms with van der Waals surface area (Å²) in [5.41, 5.74) is 1.05. The van der Waals surface area contributed by atoms with Gasteiger partial charge in [0.2, 0.25) is 0 Å². The molecule has 0 radical (unpaired) electrons. The summed E-state index contributed by atoms with van der Waals surface area (Å²) in [6, 6.07) is 10.3. The zero-order valence-electron chi connectivity index (χ0n) is 11.6. The van der Waals surface area contributed by atoms with Crippen LogP contribution < -0.4 is 5.32 Å². The van der Waals surface area contributed by atoms with E-state index in [-0.39, 0.29) is 24.4 Å². The number of hydrogen-bond donors (Lipinski definition) is 1. The number of ether oxygens (including phenoxy) is 1. The van der Waals surface area contributed by atoms with E-state index >= 15 is 0 Å². The Kier molecular flexibility index (Phi) is 5.44. The minimum atomic E-state index is -0.0863. The zero-order valence-corrected chi connectivity index (χ0v) is 12.4. The van der Waals surface area contributed by atoms with Gasteiger partial charge in [-0.2, -0.15) is 0 Å². The lowest BCUT2D eigenvalue weighted by atomic mass is 9.85. The Hall–Kier alpha value is -1.06. The molecule has 2 aliphatic rings. The average Bonchev–Trinajstić information content (AvgIpc) is 2.90. The number of fused-ring (bicyclic) bond motifs is 1. The molecule has 3 nitrogen and oxygen atoms in total. The van der Waals surface area contributed by atoms with Crippen molar-refractivity contribution in [2.24, 2.45) is 5.92 Å². The molecule has 2 fully saturated rings. The molecule has 0 spiro atoms. The Balaban J connectivity index is 0.00000147. The van der Waals surface area contributed by atoms with Crippen LogP contribution in [0.2, 0.25) is 0 Å². The predicted octanol–water partition coefficient (Wildman–Crippen LogP) is 3.07. The monoisotopic (exact) mass is 295 g/mol. The second-order valence-electron chi connectivity index (χ2n) is 5.70. The van der Waals surface area contributed by atoms with Crippen LogP contribution in [0.1, 0.15) is 37.7 Å². The first-order valence-electron chi connectivity index (χ1n) is 7.29. The van der Waals surface area contributed by atoms with Crippen LogP contribution in [0, 0.1) is 5.92 Å². The zero-order chi connectivity index (χ0) is 13.1. The van der Waals surface area contributed by atoms with E-state index in [1.165, 1.54) is 25.7 Å². The second kappa shape index (κ2) is 7.09. The molecule has 0 bridgehead atoms. The van der Waals surface area contributed by atoms with E-state index in [1.807, 2.05) is 30.3 Å². The quantitative estimate of drug-likeness (QED) is 0.871. The average molecular weight is 296 g/mol. The largest absolute Gasteiger partial charge is 0.460 e. The van der Waals surface area contributed by atoms with Gasteiger partial charge < -0.3 is 10.1 Å². The molecule has 1 saturated carbocycles. The smallest absolute Gasteiger partial charge is 0.323 e. The molecule has 1 aromatic rings. The number of esters is 1. The van der Waals surface area contributed by atoms with Gasteiger partial charge in [0.1, 0.15) is 12.6 Å². The van der Waals surface area contributed by atoms with E-state index in [9.17, 15) is 4.79 Å². The summed E-state index contributed by atoms with van der Waals surface area (Å²) < 4.78 is 5.42. The molecule has 1 aliphatic carbocycles. The minimum Gasteiger partial charge on any atom is -0.460 e. The van der Waals surface area contributed by atoms with Gasteiger partial charge in [-0.05, 0) is 30.7 Å². The molecule has 1 N–H and O–H groups in total. The van der Waals surface area contributed by atoms with E-state index in [0.29, 0.717) is 18.6 Å². The fraction of sp³-hybridized carbons (Fsp3) is 0.562. The molecule has 1 saturated heterocycles. The molecular formula is C16H22ClNO2. The van der Waals surface area contributed by atoms with Crippen molar-refractivity contribution in [3.8, 4) is 0 Å². The summed E-state index contributed by atoms with van der Waals surface area (Å²) >= 11 is 0. The number of benzene rings is 1. The second-order valence-corrected chi connectivity index (χ2v) is 5.70. The van der Waals surface area contributed by atoms with Crippen LogP contribution in [-0.2, 0) is 16.1 Å². The highest BCUT2D eigenvalue weighted by Crippen LogP contribution is 2.33. The third-order valence-electron chi connectivity index (χ3n) is 4.37. The number of carbonyl (C=O) groups is 1. The number of nitrogens with one attached hydrogen (secondary N) is 1. The van der Waals surface area contributed by atoms with Crippen molar-refractivity contribution in [2.75, 3.05) is 0 Å².